The summed E-state index contributed by atoms with van der Waals surface area (Å²) in [6.07, 6.45) is 5.92. The predicted molar refractivity (Wildman–Crippen MR) is 110 cm³/mol. The molecule has 0 radical (unpaired) electrons. The molecule has 1 aromatic carbocycles. The maximum absolute atomic E-state index is 13.7. The summed E-state index contributed by atoms with van der Waals surface area (Å²) in [4.78, 5) is 27.9. The highest BCUT2D eigenvalue weighted by Crippen LogP contribution is 2.30. The van der Waals surface area contributed by atoms with E-state index in [4.69, 9.17) is 10.5 Å². The first-order valence-electron chi connectivity index (χ1n) is 9.12. The SMILES string of the molecule is Cc1ccc(COc2nsc(NC(=O)NCCCn3ccnc3)c2C(N)=O)cc1F. The van der Waals surface area contributed by atoms with Crippen molar-refractivity contribution >= 4 is 28.5 Å². The van der Waals surface area contributed by atoms with Crippen molar-refractivity contribution < 1.29 is 18.7 Å². The molecule has 0 saturated carbocycles. The number of urea groups is 1. The van der Waals surface area contributed by atoms with Gasteiger partial charge in [0.15, 0.2) is 0 Å². The maximum Gasteiger partial charge on any atom is 0.319 e. The molecule has 4 N–H and O–H groups in total. The van der Waals surface area contributed by atoms with Gasteiger partial charge in [0.05, 0.1) is 6.33 Å². The summed E-state index contributed by atoms with van der Waals surface area (Å²) in [5, 5.41) is 5.45. The predicted octanol–water partition coefficient (Wildman–Crippen LogP) is 2.68. The summed E-state index contributed by atoms with van der Waals surface area (Å²) in [5.41, 5.74) is 6.50. The number of amides is 3. The molecule has 0 aliphatic carbocycles. The number of rotatable bonds is 9. The van der Waals surface area contributed by atoms with Crippen molar-refractivity contribution in [2.45, 2.75) is 26.5 Å². The molecule has 2 aromatic heterocycles. The fourth-order valence-electron chi connectivity index (χ4n) is 2.58. The zero-order valence-electron chi connectivity index (χ0n) is 16.2. The van der Waals surface area contributed by atoms with Crippen LogP contribution in [0.25, 0.3) is 0 Å². The zero-order valence-corrected chi connectivity index (χ0v) is 17.0. The third-order valence-corrected chi connectivity index (χ3v) is 4.93. The van der Waals surface area contributed by atoms with Gasteiger partial charge in [0.2, 0.25) is 5.88 Å². The molecule has 0 spiro atoms. The van der Waals surface area contributed by atoms with E-state index in [1.165, 1.54) is 6.07 Å². The molecule has 30 heavy (non-hydrogen) atoms. The largest absolute Gasteiger partial charge is 0.472 e. The number of imidazole rings is 1. The number of benzene rings is 1. The topological polar surface area (TPSA) is 124 Å². The Kier molecular flexibility index (Phi) is 6.96. The number of aromatic nitrogens is 3. The Bertz CT molecular complexity index is 1020. The number of ether oxygens (including phenoxy) is 1. The Morgan fingerprint density at radius 1 is 1.37 bits per heavy atom. The minimum Gasteiger partial charge on any atom is -0.472 e. The Morgan fingerprint density at radius 3 is 2.90 bits per heavy atom. The first-order valence-corrected chi connectivity index (χ1v) is 9.89. The highest BCUT2D eigenvalue weighted by molar-refractivity contribution is 7.11. The molecule has 0 aliphatic rings. The highest BCUT2D eigenvalue weighted by atomic mass is 32.1. The van der Waals surface area contributed by atoms with Gasteiger partial charge >= 0.3 is 6.03 Å². The van der Waals surface area contributed by atoms with Gasteiger partial charge < -0.3 is 20.4 Å². The van der Waals surface area contributed by atoms with Crippen molar-refractivity contribution in [3.63, 3.8) is 0 Å². The first-order chi connectivity index (χ1) is 14.4. The number of aryl methyl sites for hydroxylation is 2. The molecule has 11 heteroatoms. The molecule has 0 saturated heterocycles. The van der Waals surface area contributed by atoms with Crippen LogP contribution in [-0.2, 0) is 13.2 Å². The second-order valence-electron chi connectivity index (χ2n) is 6.46. The molecule has 0 aliphatic heterocycles. The fraction of sp³-hybridized carbons (Fsp3) is 0.263. The van der Waals surface area contributed by atoms with Gasteiger partial charge in [-0.05, 0) is 42.1 Å². The average Bonchev–Trinajstić information content (AvgIpc) is 3.36. The Hall–Kier alpha value is -3.47. The minimum absolute atomic E-state index is 0.00109. The van der Waals surface area contributed by atoms with E-state index < -0.39 is 11.9 Å². The van der Waals surface area contributed by atoms with E-state index in [-0.39, 0.29) is 28.9 Å². The lowest BCUT2D eigenvalue weighted by atomic mass is 10.1. The van der Waals surface area contributed by atoms with Gasteiger partial charge in [0.1, 0.15) is 23.0 Å². The van der Waals surface area contributed by atoms with Crippen molar-refractivity contribution in [1.82, 2.24) is 19.2 Å². The number of nitrogens with two attached hydrogens (primary N) is 1. The lowest BCUT2D eigenvalue weighted by Crippen LogP contribution is -2.30. The first kappa shape index (κ1) is 21.2. The number of hydrogen-bond donors (Lipinski definition) is 3. The van der Waals surface area contributed by atoms with Crippen LogP contribution in [0.5, 0.6) is 5.88 Å². The highest BCUT2D eigenvalue weighted by Gasteiger charge is 2.22. The lowest BCUT2D eigenvalue weighted by Gasteiger charge is -2.08. The van der Waals surface area contributed by atoms with E-state index in [0.717, 1.165) is 11.5 Å². The number of hydrogen-bond acceptors (Lipinski definition) is 6. The standard InChI is InChI=1S/C19H21FN6O3S/c1-12-3-4-13(9-14(12)20)10-29-17-15(16(21)27)18(30-25-17)24-19(28)23-5-2-7-26-8-6-22-11-26/h3-4,6,8-9,11H,2,5,7,10H2,1H3,(H2,21,27)(H2,23,24,28). The van der Waals surface area contributed by atoms with E-state index in [9.17, 15) is 14.0 Å². The number of carbonyl (C=O) groups is 2. The van der Waals surface area contributed by atoms with Crippen LogP contribution in [0.1, 0.15) is 27.9 Å². The summed E-state index contributed by atoms with van der Waals surface area (Å²) in [6.45, 7) is 2.80. The van der Waals surface area contributed by atoms with Crippen molar-refractivity contribution in [1.29, 1.82) is 0 Å². The second-order valence-corrected chi connectivity index (χ2v) is 7.24. The number of nitrogens with one attached hydrogen (secondary N) is 2. The summed E-state index contributed by atoms with van der Waals surface area (Å²) < 4.78 is 25.1. The zero-order chi connectivity index (χ0) is 21.5. The monoisotopic (exact) mass is 432 g/mol. The fourth-order valence-corrected chi connectivity index (χ4v) is 3.32. The van der Waals surface area contributed by atoms with Crippen LogP contribution in [-0.4, -0.2) is 32.4 Å². The normalized spacial score (nSPS) is 10.6. The molecule has 0 fully saturated rings. The molecule has 0 bridgehead atoms. The van der Waals surface area contributed by atoms with Gasteiger partial charge in [-0.3, -0.25) is 10.1 Å². The van der Waals surface area contributed by atoms with Crippen LogP contribution < -0.4 is 21.1 Å². The van der Waals surface area contributed by atoms with E-state index in [1.54, 1.807) is 31.6 Å². The lowest BCUT2D eigenvalue weighted by molar-refractivity contribution is 0.0996. The Labute approximate surface area is 176 Å². The van der Waals surface area contributed by atoms with E-state index in [1.807, 2.05) is 10.8 Å². The molecule has 0 atom stereocenters. The molecular formula is C19H21FN6O3S. The van der Waals surface area contributed by atoms with Crippen molar-refractivity contribution in [3.05, 3.63) is 59.4 Å². The summed E-state index contributed by atoms with van der Waals surface area (Å²) >= 11 is 0.877. The van der Waals surface area contributed by atoms with Crippen molar-refractivity contribution in [3.8, 4) is 5.88 Å². The summed E-state index contributed by atoms with van der Waals surface area (Å²) in [5.74, 6) is -1.15. The maximum atomic E-state index is 13.7. The van der Waals surface area contributed by atoms with E-state index in [0.29, 0.717) is 30.6 Å². The number of primary amides is 1. The molecule has 3 rings (SSSR count). The summed E-state index contributed by atoms with van der Waals surface area (Å²) in [6, 6.07) is 4.21. The molecule has 0 unspecified atom stereocenters. The summed E-state index contributed by atoms with van der Waals surface area (Å²) in [7, 11) is 0. The van der Waals surface area contributed by atoms with E-state index in [2.05, 4.69) is 20.0 Å². The third kappa shape index (κ3) is 5.54. The molecule has 9 nitrogen and oxygen atoms in total. The minimum atomic E-state index is -0.788. The number of anilines is 1. The van der Waals surface area contributed by atoms with Crippen LogP contribution in [0.3, 0.4) is 0 Å². The van der Waals surface area contributed by atoms with Crippen LogP contribution in [0.15, 0.2) is 36.9 Å². The van der Waals surface area contributed by atoms with Crippen LogP contribution in [0.4, 0.5) is 14.2 Å². The quantitative estimate of drug-likeness (QED) is 0.449. The van der Waals surface area contributed by atoms with Gasteiger partial charge in [-0.1, -0.05) is 12.1 Å². The Morgan fingerprint density at radius 2 is 2.20 bits per heavy atom. The average molecular weight is 432 g/mol. The molecular weight excluding hydrogens is 411 g/mol. The van der Waals surface area contributed by atoms with Gasteiger partial charge in [-0.25, -0.2) is 14.2 Å². The molecule has 158 valence electrons. The number of halogens is 1. The smallest absolute Gasteiger partial charge is 0.319 e. The van der Waals surface area contributed by atoms with Gasteiger partial charge in [-0.2, -0.15) is 4.37 Å². The Balaban J connectivity index is 1.55. The van der Waals surface area contributed by atoms with Gasteiger partial charge in [0, 0.05) is 25.5 Å². The van der Waals surface area contributed by atoms with Crippen LogP contribution in [0.2, 0.25) is 0 Å². The van der Waals surface area contributed by atoms with E-state index >= 15 is 0 Å². The van der Waals surface area contributed by atoms with Gasteiger partial charge in [-0.15, -0.1) is 0 Å². The number of nitrogens with zero attached hydrogens (tertiary/aromatic N) is 3. The van der Waals surface area contributed by atoms with Crippen molar-refractivity contribution in [2.24, 2.45) is 5.73 Å². The number of carbonyl (C=O) groups excluding carboxylic acids is 2. The molecule has 3 amide bonds. The van der Waals surface area contributed by atoms with Crippen LogP contribution in [0, 0.1) is 12.7 Å². The van der Waals surface area contributed by atoms with Gasteiger partial charge in [0.25, 0.3) is 5.91 Å². The second kappa shape index (κ2) is 9.83. The van der Waals surface area contributed by atoms with Crippen molar-refractivity contribution in [2.75, 3.05) is 11.9 Å². The molecule has 3 aromatic rings. The van der Waals surface area contributed by atoms with Crippen LogP contribution >= 0.6 is 11.5 Å². The third-order valence-electron chi connectivity index (χ3n) is 4.18. The molecule has 2 heterocycles.